The Morgan fingerprint density at radius 1 is 0.588 bits per heavy atom. The first-order chi connectivity index (χ1) is 16.3. The highest BCUT2D eigenvalue weighted by Gasteiger charge is 2.21. The lowest BCUT2D eigenvalue weighted by Gasteiger charge is -2.26. The van der Waals surface area contributed by atoms with E-state index in [1.807, 2.05) is 13.8 Å². The molecule has 0 fully saturated rings. The Hall–Kier alpha value is -2.92. The number of pyridine rings is 2. The van der Waals surface area contributed by atoms with Crippen LogP contribution in [0, 0.1) is 27.7 Å². The Kier molecular flexibility index (Phi) is 8.67. The molecular formula is C29H40N4O. The second-order valence-corrected chi connectivity index (χ2v) is 9.14. The van der Waals surface area contributed by atoms with E-state index in [1.165, 1.54) is 38.9 Å². The molecule has 0 radical (unpaired) electrons. The van der Waals surface area contributed by atoms with E-state index in [4.69, 9.17) is 0 Å². The zero-order valence-electron chi connectivity index (χ0n) is 21.9. The zero-order valence-corrected chi connectivity index (χ0v) is 21.9. The number of benzene rings is 1. The van der Waals surface area contributed by atoms with Crippen LogP contribution in [0.25, 0.3) is 0 Å². The molecule has 0 aliphatic carbocycles. The summed E-state index contributed by atoms with van der Waals surface area (Å²) >= 11 is 0. The molecule has 1 aromatic carbocycles. The molecule has 3 N–H and O–H groups in total. The molecule has 182 valence electrons. The smallest absolute Gasteiger partial charge is 0.126 e. The molecule has 0 saturated carbocycles. The fourth-order valence-corrected chi connectivity index (χ4v) is 5.21. The predicted molar refractivity (Wildman–Crippen MR) is 143 cm³/mol. The van der Waals surface area contributed by atoms with Crippen LogP contribution < -0.4 is 10.6 Å². The normalized spacial score (nSPS) is 11.1. The summed E-state index contributed by atoms with van der Waals surface area (Å²) in [6.07, 6.45) is 2.71. The molecular weight excluding hydrogens is 420 g/mol. The number of hydrogen-bond donors (Lipinski definition) is 3. The average Bonchev–Trinajstić information content (AvgIpc) is 2.78. The molecule has 0 unspecified atom stereocenters. The van der Waals surface area contributed by atoms with Crippen molar-refractivity contribution in [2.45, 2.75) is 87.4 Å². The van der Waals surface area contributed by atoms with Crippen LogP contribution in [-0.4, -0.2) is 15.1 Å². The largest absolute Gasteiger partial charge is 0.392 e. The molecule has 5 nitrogen and oxygen atoms in total. The molecule has 0 amide bonds. The first kappa shape index (κ1) is 25.7. The van der Waals surface area contributed by atoms with Gasteiger partial charge in [0.1, 0.15) is 11.6 Å². The van der Waals surface area contributed by atoms with Gasteiger partial charge in [-0.1, -0.05) is 20.8 Å². The second kappa shape index (κ2) is 11.5. The molecule has 3 rings (SSSR count). The minimum absolute atomic E-state index is 0.0555. The van der Waals surface area contributed by atoms with Gasteiger partial charge in [0, 0.05) is 24.5 Å². The van der Waals surface area contributed by atoms with Gasteiger partial charge in [0.05, 0.1) is 6.61 Å². The van der Waals surface area contributed by atoms with Gasteiger partial charge in [-0.3, -0.25) is 0 Å². The lowest BCUT2D eigenvalue weighted by atomic mass is 9.83. The third kappa shape index (κ3) is 5.76. The molecule has 0 aliphatic heterocycles. The van der Waals surface area contributed by atoms with E-state index in [0.29, 0.717) is 13.1 Å². The summed E-state index contributed by atoms with van der Waals surface area (Å²) in [6.45, 7) is 16.3. The topological polar surface area (TPSA) is 70.1 Å². The van der Waals surface area contributed by atoms with Gasteiger partial charge in [-0.05, 0) is 116 Å². The number of aliphatic hydroxyl groups excluding tert-OH is 1. The fourth-order valence-electron chi connectivity index (χ4n) is 5.21. The number of nitrogens with zero attached hydrogens (tertiary/aromatic N) is 2. The van der Waals surface area contributed by atoms with Crippen LogP contribution in [0.3, 0.4) is 0 Å². The van der Waals surface area contributed by atoms with Gasteiger partial charge in [0.25, 0.3) is 0 Å². The van der Waals surface area contributed by atoms with Crippen molar-refractivity contribution in [2.75, 3.05) is 10.6 Å². The number of aromatic nitrogens is 2. The number of aliphatic hydroxyl groups is 1. The van der Waals surface area contributed by atoms with Gasteiger partial charge in [-0.2, -0.15) is 0 Å². The van der Waals surface area contributed by atoms with Gasteiger partial charge < -0.3 is 15.7 Å². The van der Waals surface area contributed by atoms with Gasteiger partial charge in [0.15, 0.2) is 0 Å². The molecule has 0 aliphatic rings. The SMILES string of the molecule is CCc1c(CO)c(CC)c(CNc2cc(C)cc(C)n2)c(CC)c1CNc1cc(C)cc(C)n1. The Morgan fingerprint density at radius 2 is 0.971 bits per heavy atom. The zero-order chi connectivity index (χ0) is 24.8. The number of nitrogens with one attached hydrogen (secondary N) is 2. The van der Waals surface area contributed by atoms with Gasteiger partial charge in [-0.15, -0.1) is 0 Å². The molecule has 5 heteroatoms. The van der Waals surface area contributed by atoms with E-state index in [0.717, 1.165) is 47.8 Å². The van der Waals surface area contributed by atoms with E-state index in [1.54, 1.807) is 0 Å². The average molecular weight is 461 g/mol. The van der Waals surface area contributed by atoms with E-state index in [2.05, 4.69) is 79.5 Å². The predicted octanol–water partition coefficient (Wildman–Crippen LogP) is 6.11. The Balaban J connectivity index is 2.06. The highest BCUT2D eigenvalue weighted by atomic mass is 16.3. The van der Waals surface area contributed by atoms with E-state index < -0.39 is 0 Å². The van der Waals surface area contributed by atoms with Gasteiger partial charge in [0.2, 0.25) is 0 Å². The van der Waals surface area contributed by atoms with Crippen molar-refractivity contribution < 1.29 is 5.11 Å². The van der Waals surface area contributed by atoms with Gasteiger partial charge in [-0.25, -0.2) is 9.97 Å². The molecule has 0 bridgehead atoms. The van der Waals surface area contributed by atoms with E-state index in [9.17, 15) is 5.11 Å². The second-order valence-electron chi connectivity index (χ2n) is 9.14. The molecule has 0 saturated heterocycles. The highest BCUT2D eigenvalue weighted by Crippen LogP contribution is 2.32. The van der Waals surface area contributed by atoms with Crippen molar-refractivity contribution in [3.8, 4) is 0 Å². The Labute approximate surface area is 205 Å². The monoisotopic (exact) mass is 460 g/mol. The van der Waals surface area contributed by atoms with Crippen molar-refractivity contribution in [3.05, 3.63) is 80.2 Å². The maximum absolute atomic E-state index is 10.4. The van der Waals surface area contributed by atoms with Crippen molar-refractivity contribution >= 4 is 11.6 Å². The Bertz CT molecular complexity index is 1030. The number of hydrogen-bond acceptors (Lipinski definition) is 5. The quantitative estimate of drug-likeness (QED) is 0.340. The third-order valence-electron chi connectivity index (χ3n) is 6.49. The molecule has 2 aromatic heterocycles. The molecule has 0 atom stereocenters. The van der Waals surface area contributed by atoms with Crippen molar-refractivity contribution in [1.29, 1.82) is 0 Å². The molecule has 2 heterocycles. The van der Waals surface area contributed by atoms with Crippen molar-refractivity contribution in [1.82, 2.24) is 9.97 Å². The maximum Gasteiger partial charge on any atom is 0.126 e. The summed E-state index contributed by atoms with van der Waals surface area (Å²) in [6, 6.07) is 8.35. The van der Waals surface area contributed by atoms with Crippen LogP contribution in [0.5, 0.6) is 0 Å². The summed E-state index contributed by atoms with van der Waals surface area (Å²) in [7, 11) is 0. The summed E-state index contributed by atoms with van der Waals surface area (Å²) in [5.74, 6) is 1.79. The third-order valence-corrected chi connectivity index (χ3v) is 6.49. The summed E-state index contributed by atoms with van der Waals surface area (Å²) in [4.78, 5) is 9.34. The van der Waals surface area contributed by atoms with Crippen LogP contribution in [0.4, 0.5) is 11.6 Å². The standard InChI is InChI=1S/C29H40N4O/c1-8-22-25(15-30-28-13-18(4)11-20(6)32-28)23(9-2)27(17-34)24(10-3)26(22)16-31-29-14-19(5)12-21(7)33-29/h11-14,34H,8-10,15-17H2,1-7H3,(H,30,32)(H,31,33). The number of rotatable bonds is 10. The first-order valence-corrected chi connectivity index (χ1v) is 12.5. The van der Waals surface area contributed by atoms with Crippen molar-refractivity contribution in [3.63, 3.8) is 0 Å². The van der Waals surface area contributed by atoms with E-state index >= 15 is 0 Å². The number of aryl methyl sites for hydroxylation is 4. The maximum atomic E-state index is 10.4. The van der Waals surface area contributed by atoms with Crippen molar-refractivity contribution in [2.24, 2.45) is 0 Å². The first-order valence-electron chi connectivity index (χ1n) is 12.5. The van der Waals surface area contributed by atoms with Gasteiger partial charge >= 0.3 is 0 Å². The summed E-state index contributed by atoms with van der Waals surface area (Å²) in [5, 5.41) is 17.6. The van der Waals surface area contributed by atoms with Crippen LogP contribution >= 0.6 is 0 Å². The molecule has 0 spiro atoms. The Morgan fingerprint density at radius 3 is 1.29 bits per heavy atom. The van der Waals surface area contributed by atoms with Crippen LogP contribution in [0.15, 0.2) is 24.3 Å². The number of anilines is 2. The summed E-state index contributed by atoms with van der Waals surface area (Å²) < 4.78 is 0. The van der Waals surface area contributed by atoms with Crippen LogP contribution in [0.2, 0.25) is 0 Å². The fraction of sp³-hybridized carbons (Fsp3) is 0.448. The molecule has 3 aromatic rings. The minimum atomic E-state index is 0.0555. The van der Waals surface area contributed by atoms with Crippen LogP contribution in [0.1, 0.15) is 76.7 Å². The van der Waals surface area contributed by atoms with Crippen LogP contribution in [-0.2, 0) is 39.0 Å². The summed E-state index contributed by atoms with van der Waals surface area (Å²) in [5.41, 5.74) is 12.0. The minimum Gasteiger partial charge on any atom is -0.392 e. The lowest BCUT2D eigenvalue weighted by molar-refractivity contribution is 0.279. The van der Waals surface area contributed by atoms with E-state index in [-0.39, 0.29) is 6.61 Å². The highest BCUT2D eigenvalue weighted by molar-refractivity contribution is 5.55. The molecule has 34 heavy (non-hydrogen) atoms. The lowest BCUT2D eigenvalue weighted by Crippen LogP contribution is -2.18.